The minimum Gasteiger partial charge on any atom is -0.380 e. The zero-order valence-electron chi connectivity index (χ0n) is 10.3. The number of hydrogen-bond acceptors (Lipinski definition) is 3. The largest absolute Gasteiger partial charge is 0.380 e. The summed E-state index contributed by atoms with van der Waals surface area (Å²) in [7, 11) is 1.43. The van der Waals surface area contributed by atoms with Crippen molar-refractivity contribution in [3.8, 4) is 0 Å². The summed E-state index contributed by atoms with van der Waals surface area (Å²) < 4.78 is 31.6. The van der Waals surface area contributed by atoms with Crippen LogP contribution in [0.5, 0.6) is 0 Å². The SMILES string of the molecule is COC(CN)CC(=O)Nc1cc(F)c(C)cc1F. The smallest absolute Gasteiger partial charge is 0.227 e. The second kappa shape index (κ2) is 6.42. The van der Waals surface area contributed by atoms with E-state index < -0.39 is 23.6 Å². The molecule has 1 aromatic carbocycles. The molecule has 1 rings (SSSR count). The molecule has 4 nitrogen and oxygen atoms in total. The maximum atomic E-state index is 13.5. The van der Waals surface area contributed by atoms with Crippen molar-refractivity contribution in [1.29, 1.82) is 0 Å². The summed E-state index contributed by atoms with van der Waals surface area (Å²) in [5.74, 6) is -1.73. The Kier molecular flexibility index (Phi) is 5.18. The van der Waals surface area contributed by atoms with E-state index in [0.29, 0.717) is 0 Å². The van der Waals surface area contributed by atoms with E-state index in [9.17, 15) is 13.6 Å². The summed E-state index contributed by atoms with van der Waals surface area (Å²) in [6, 6.07) is 1.98. The number of amides is 1. The Morgan fingerprint density at radius 3 is 2.67 bits per heavy atom. The number of ether oxygens (including phenoxy) is 1. The van der Waals surface area contributed by atoms with Gasteiger partial charge in [-0.15, -0.1) is 0 Å². The summed E-state index contributed by atoms with van der Waals surface area (Å²) in [5, 5.41) is 2.29. The molecule has 0 aliphatic heterocycles. The lowest BCUT2D eigenvalue weighted by molar-refractivity contribution is -0.118. The number of rotatable bonds is 5. The maximum Gasteiger partial charge on any atom is 0.227 e. The number of aryl methyl sites for hydroxylation is 1. The van der Waals surface area contributed by atoms with Gasteiger partial charge < -0.3 is 15.8 Å². The molecule has 18 heavy (non-hydrogen) atoms. The molecule has 1 unspecified atom stereocenters. The highest BCUT2D eigenvalue weighted by atomic mass is 19.1. The summed E-state index contributed by atoms with van der Waals surface area (Å²) >= 11 is 0. The van der Waals surface area contributed by atoms with E-state index in [1.54, 1.807) is 0 Å². The zero-order chi connectivity index (χ0) is 13.7. The number of hydrogen-bond donors (Lipinski definition) is 2. The molecular weight excluding hydrogens is 242 g/mol. The Morgan fingerprint density at radius 1 is 1.44 bits per heavy atom. The molecule has 0 aromatic heterocycles. The molecule has 0 bridgehead atoms. The molecule has 0 aliphatic rings. The fraction of sp³-hybridized carbons (Fsp3) is 0.417. The Balaban J connectivity index is 2.73. The molecule has 0 radical (unpaired) electrons. The summed E-state index contributed by atoms with van der Waals surface area (Å²) in [5.41, 5.74) is 5.36. The number of methoxy groups -OCH3 is 1. The molecule has 0 aliphatic carbocycles. The third-order valence-electron chi connectivity index (χ3n) is 2.53. The number of benzene rings is 1. The molecule has 0 saturated heterocycles. The van der Waals surface area contributed by atoms with Gasteiger partial charge in [-0.25, -0.2) is 8.78 Å². The van der Waals surface area contributed by atoms with Gasteiger partial charge >= 0.3 is 0 Å². The minimum atomic E-state index is -0.677. The molecule has 3 N–H and O–H groups in total. The standard InChI is InChI=1S/C12H16F2N2O2/c1-7-3-10(14)11(5-9(7)13)16-12(17)4-8(6-15)18-2/h3,5,8H,4,6,15H2,1-2H3,(H,16,17). The van der Waals surface area contributed by atoms with Crippen LogP contribution in [-0.4, -0.2) is 25.7 Å². The predicted octanol–water partition coefficient (Wildman–Crippen LogP) is 1.58. The highest BCUT2D eigenvalue weighted by molar-refractivity contribution is 5.91. The van der Waals surface area contributed by atoms with Crippen LogP contribution in [0.15, 0.2) is 12.1 Å². The van der Waals surface area contributed by atoms with Gasteiger partial charge in [0.1, 0.15) is 11.6 Å². The molecule has 0 fully saturated rings. The number of carbonyl (C=O) groups excluding carboxylic acids is 1. The zero-order valence-corrected chi connectivity index (χ0v) is 10.3. The van der Waals surface area contributed by atoms with Crippen LogP contribution in [0.4, 0.5) is 14.5 Å². The first-order valence-corrected chi connectivity index (χ1v) is 5.46. The van der Waals surface area contributed by atoms with Crippen LogP contribution in [0.3, 0.4) is 0 Å². The lowest BCUT2D eigenvalue weighted by atomic mass is 10.2. The van der Waals surface area contributed by atoms with E-state index in [1.165, 1.54) is 14.0 Å². The Hall–Kier alpha value is -1.53. The van der Waals surface area contributed by atoms with E-state index >= 15 is 0 Å². The van der Waals surface area contributed by atoms with Crippen molar-refractivity contribution in [2.24, 2.45) is 5.73 Å². The topological polar surface area (TPSA) is 64.3 Å². The Labute approximate surface area is 104 Å². The highest BCUT2D eigenvalue weighted by Crippen LogP contribution is 2.19. The van der Waals surface area contributed by atoms with Crippen LogP contribution in [0, 0.1) is 18.6 Å². The van der Waals surface area contributed by atoms with Gasteiger partial charge in [0.05, 0.1) is 18.2 Å². The maximum absolute atomic E-state index is 13.5. The van der Waals surface area contributed by atoms with Crippen molar-refractivity contribution in [3.63, 3.8) is 0 Å². The van der Waals surface area contributed by atoms with Gasteiger partial charge in [0.15, 0.2) is 0 Å². The van der Waals surface area contributed by atoms with Crippen LogP contribution < -0.4 is 11.1 Å². The molecular formula is C12H16F2N2O2. The van der Waals surface area contributed by atoms with Crippen molar-refractivity contribution >= 4 is 11.6 Å². The lowest BCUT2D eigenvalue weighted by Gasteiger charge is -2.13. The van der Waals surface area contributed by atoms with Crippen molar-refractivity contribution in [3.05, 3.63) is 29.3 Å². The minimum absolute atomic E-state index is 0.0120. The predicted molar refractivity (Wildman–Crippen MR) is 64.2 cm³/mol. The molecule has 0 saturated carbocycles. The van der Waals surface area contributed by atoms with Crippen molar-refractivity contribution in [1.82, 2.24) is 0 Å². The third-order valence-corrected chi connectivity index (χ3v) is 2.53. The summed E-state index contributed by atoms with van der Waals surface area (Å²) in [4.78, 5) is 11.6. The Morgan fingerprint density at radius 2 is 2.11 bits per heavy atom. The third kappa shape index (κ3) is 3.75. The Bertz CT molecular complexity index is 434. The number of halogens is 2. The lowest BCUT2D eigenvalue weighted by Crippen LogP contribution is -2.28. The van der Waals surface area contributed by atoms with Gasteiger partial charge in [-0.1, -0.05) is 0 Å². The molecule has 0 heterocycles. The monoisotopic (exact) mass is 258 g/mol. The van der Waals surface area contributed by atoms with Crippen LogP contribution in [0.2, 0.25) is 0 Å². The normalized spacial score (nSPS) is 12.3. The summed E-state index contributed by atoms with van der Waals surface area (Å²) in [6.45, 7) is 1.62. The number of carbonyl (C=O) groups is 1. The number of anilines is 1. The van der Waals surface area contributed by atoms with E-state index in [2.05, 4.69) is 5.32 Å². The first-order valence-electron chi connectivity index (χ1n) is 5.46. The highest BCUT2D eigenvalue weighted by Gasteiger charge is 2.14. The van der Waals surface area contributed by atoms with Gasteiger partial charge in [0.25, 0.3) is 0 Å². The van der Waals surface area contributed by atoms with E-state index in [0.717, 1.165) is 12.1 Å². The first-order chi connectivity index (χ1) is 8.47. The van der Waals surface area contributed by atoms with Crippen molar-refractivity contribution < 1.29 is 18.3 Å². The van der Waals surface area contributed by atoms with Gasteiger partial charge in [-0.3, -0.25) is 4.79 Å². The van der Waals surface area contributed by atoms with Crippen molar-refractivity contribution in [2.45, 2.75) is 19.4 Å². The quantitative estimate of drug-likeness (QED) is 0.842. The molecule has 100 valence electrons. The van der Waals surface area contributed by atoms with Crippen LogP contribution in [-0.2, 0) is 9.53 Å². The summed E-state index contributed by atoms with van der Waals surface area (Å²) in [6.07, 6.45) is -0.453. The van der Waals surface area contributed by atoms with E-state index in [-0.39, 0.29) is 24.2 Å². The van der Waals surface area contributed by atoms with Crippen LogP contribution in [0.25, 0.3) is 0 Å². The van der Waals surface area contributed by atoms with Gasteiger partial charge in [-0.2, -0.15) is 0 Å². The second-order valence-electron chi connectivity index (χ2n) is 3.93. The molecule has 1 aromatic rings. The number of nitrogens with two attached hydrogens (primary N) is 1. The molecule has 6 heteroatoms. The molecule has 1 amide bonds. The van der Waals surface area contributed by atoms with E-state index in [1.807, 2.05) is 0 Å². The van der Waals surface area contributed by atoms with Gasteiger partial charge in [-0.05, 0) is 18.6 Å². The number of nitrogens with one attached hydrogen (secondary N) is 1. The van der Waals surface area contributed by atoms with Crippen LogP contribution >= 0.6 is 0 Å². The average Bonchev–Trinajstić information content (AvgIpc) is 2.33. The molecule has 1 atom stereocenters. The fourth-order valence-corrected chi connectivity index (χ4v) is 1.41. The molecule has 0 spiro atoms. The van der Waals surface area contributed by atoms with E-state index in [4.69, 9.17) is 10.5 Å². The van der Waals surface area contributed by atoms with Crippen LogP contribution in [0.1, 0.15) is 12.0 Å². The fourth-order valence-electron chi connectivity index (χ4n) is 1.41. The van der Waals surface area contributed by atoms with Gasteiger partial charge in [0, 0.05) is 19.7 Å². The van der Waals surface area contributed by atoms with Gasteiger partial charge in [0.2, 0.25) is 5.91 Å². The second-order valence-corrected chi connectivity index (χ2v) is 3.93. The average molecular weight is 258 g/mol. The van der Waals surface area contributed by atoms with Crippen molar-refractivity contribution in [2.75, 3.05) is 19.0 Å². The first kappa shape index (κ1) is 14.5.